The highest BCUT2D eigenvalue weighted by atomic mass is 32.1. The van der Waals surface area contributed by atoms with E-state index in [0.29, 0.717) is 23.0 Å². The minimum absolute atomic E-state index is 0.0265. The Labute approximate surface area is 136 Å². The van der Waals surface area contributed by atoms with Gasteiger partial charge in [0, 0.05) is 17.5 Å². The van der Waals surface area contributed by atoms with Gasteiger partial charge in [0.2, 0.25) is 5.13 Å². The lowest BCUT2D eigenvalue weighted by Gasteiger charge is -1.98. The Morgan fingerprint density at radius 2 is 2.22 bits per heavy atom. The first-order valence-corrected chi connectivity index (χ1v) is 7.60. The third kappa shape index (κ3) is 5.15. The van der Waals surface area contributed by atoms with Crippen LogP contribution < -0.4 is 5.43 Å². The molecule has 0 amide bonds. The number of nitrogens with zero attached hydrogens (tertiary/aromatic N) is 3. The molecule has 0 radical (unpaired) electrons. The van der Waals surface area contributed by atoms with Crippen LogP contribution in [0.3, 0.4) is 0 Å². The van der Waals surface area contributed by atoms with E-state index < -0.39 is 4.92 Å². The van der Waals surface area contributed by atoms with Gasteiger partial charge in [-0.3, -0.25) is 20.3 Å². The number of ether oxygens (including phenoxy) is 1. The van der Waals surface area contributed by atoms with E-state index in [0.717, 1.165) is 0 Å². The quantitative estimate of drug-likeness (QED) is 0.361. The van der Waals surface area contributed by atoms with Crippen molar-refractivity contribution in [3.05, 3.63) is 51.0 Å². The Morgan fingerprint density at radius 3 is 2.87 bits per heavy atom. The molecule has 0 aliphatic heterocycles. The van der Waals surface area contributed by atoms with Gasteiger partial charge in [-0.1, -0.05) is 0 Å². The molecule has 0 aliphatic rings. The molecule has 1 aromatic heterocycles. The molecule has 0 fully saturated rings. The highest BCUT2D eigenvalue weighted by molar-refractivity contribution is 7.13. The number of anilines is 1. The fourth-order valence-electron chi connectivity index (χ4n) is 1.64. The van der Waals surface area contributed by atoms with Crippen LogP contribution in [-0.4, -0.2) is 28.7 Å². The molecule has 1 heterocycles. The zero-order chi connectivity index (χ0) is 16.7. The first kappa shape index (κ1) is 16.6. The minimum atomic E-state index is -0.459. The number of non-ortho nitro benzene ring substituents is 1. The Bertz CT molecular complexity index is 712. The maximum atomic E-state index is 11.3. The highest BCUT2D eigenvalue weighted by Crippen LogP contribution is 2.16. The first-order chi connectivity index (χ1) is 11.1. The third-order valence-electron chi connectivity index (χ3n) is 2.66. The Hall–Kier alpha value is -2.81. The number of nitro benzene ring substituents is 1. The van der Waals surface area contributed by atoms with Gasteiger partial charge in [-0.15, -0.1) is 11.3 Å². The number of esters is 1. The molecule has 0 unspecified atom stereocenters. The van der Waals surface area contributed by atoms with Crippen molar-refractivity contribution in [1.82, 2.24) is 4.98 Å². The van der Waals surface area contributed by atoms with Crippen LogP contribution in [0.5, 0.6) is 0 Å². The average molecular weight is 334 g/mol. The van der Waals surface area contributed by atoms with Gasteiger partial charge in [-0.25, -0.2) is 4.98 Å². The molecular weight excluding hydrogens is 320 g/mol. The number of rotatable bonds is 7. The lowest BCUT2D eigenvalue weighted by atomic mass is 10.2. The first-order valence-electron chi connectivity index (χ1n) is 6.72. The maximum absolute atomic E-state index is 11.3. The summed E-state index contributed by atoms with van der Waals surface area (Å²) in [5, 5.41) is 16.8. The van der Waals surface area contributed by atoms with Crippen molar-refractivity contribution in [2.24, 2.45) is 5.10 Å². The van der Waals surface area contributed by atoms with E-state index in [2.05, 4.69) is 15.5 Å². The van der Waals surface area contributed by atoms with Crippen LogP contribution in [0.25, 0.3) is 0 Å². The fraction of sp³-hybridized carbons (Fsp3) is 0.214. The van der Waals surface area contributed by atoms with Crippen LogP contribution in [-0.2, 0) is 16.0 Å². The SMILES string of the molecule is CCOC(=O)Cc1csc(N/N=C\c2ccc([N+](=O)[O-])cc2)n1. The molecule has 1 aromatic carbocycles. The number of thiazole rings is 1. The number of nitrogens with one attached hydrogen (secondary N) is 1. The van der Waals surface area contributed by atoms with Crippen LogP contribution in [0.2, 0.25) is 0 Å². The van der Waals surface area contributed by atoms with E-state index in [-0.39, 0.29) is 18.1 Å². The van der Waals surface area contributed by atoms with Gasteiger partial charge < -0.3 is 4.74 Å². The number of carbonyl (C=O) groups excluding carboxylic acids is 1. The summed E-state index contributed by atoms with van der Waals surface area (Å²) in [6.07, 6.45) is 1.65. The molecule has 120 valence electrons. The normalized spacial score (nSPS) is 10.7. The molecule has 0 saturated heterocycles. The highest BCUT2D eigenvalue weighted by Gasteiger charge is 2.08. The van der Waals surface area contributed by atoms with Gasteiger partial charge >= 0.3 is 5.97 Å². The number of aromatic nitrogens is 1. The summed E-state index contributed by atoms with van der Waals surface area (Å²) in [7, 11) is 0. The van der Waals surface area contributed by atoms with E-state index in [1.807, 2.05) is 0 Å². The third-order valence-corrected chi connectivity index (χ3v) is 3.46. The molecule has 0 atom stereocenters. The van der Waals surface area contributed by atoms with Crippen molar-refractivity contribution in [3.8, 4) is 0 Å². The van der Waals surface area contributed by atoms with Crippen molar-refractivity contribution in [2.75, 3.05) is 12.0 Å². The monoisotopic (exact) mass is 334 g/mol. The van der Waals surface area contributed by atoms with Crippen molar-refractivity contribution < 1.29 is 14.5 Å². The molecule has 9 heteroatoms. The molecule has 2 rings (SSSR count). The number of hydrogen-bond donors (Lipinski definition) is 1. The Kier molecular flexibility index (Phi) is 5.75. The summed E-state index contributed by atoms with van der Waals surface area (Å²) in [4.78, 5) is 25.6. The van der Waals surface area contributed by atoms with E-state index >= 15 is 0 Å². The van der Waals surface area contributed by atoms with E-state index in [4.69, 9.17) is 4.74 Å². The molecule has 0 saturated carbocycles. The fourth-order valence-corrected chi connectivity index (χ4v) is 2.30. The molecule has 2 aromatic rings. The summed E-state index contributed by atoms with van der Waals surface area (Å²) in [6.45, 7) is 2.09. The second-order valence-electron chi connectivity index (χ2n) is 4.34. The number of benzene rings is 1. The van der Waals surface area contributed by atoms with Crippen LogP contribution in [0.4, 0.5) is 10.8 Å². The van der Waals surface area contributed by atoms with Crippen LogP contribution in [0, 0.1) is 10.1 Å². The summed E-state index contributed by atoms with van der Waals surface area (Å²) in [5.74, 6) is -0.321. The lowest BCUT2D eigenvalue weighted by molar-refractivity contribution is -0.384. The zero-order valence-corrected chi connectivity index (χ0v) is 13.1. The molecular formula is C14H14N4O4S. The van der Waals surface area contributed by atoms with Gasteiger partial charge in [-0.2, -0.15) is 5.10 Å². The smallest absolute Gasteiger partial charge is 0.311 e. The summed E-state index contributed by atoms with van der Waals surface area (Å²) >= 11 is 1.32. The summed E-state index contributed by atoms with van der Waals surface area (Å²) < 4.78 is 4.85. The van der Waals surface area contributed by atoms with Crippen LogP contribution in [0.1, 0.15) is 18.2 Å². The molecule has 8 nitrogen and oxygen atoms in total. The zero-order valence-electron chi connectivity index (χ0n) is 12.3. The number of hydrazone groups is 1. The number of carbonyl (C=O) groups is 1. The number of nitro groups is 1. The van der Waals surface area contributed by atoms with Crippen LogP contribution in [0.15, 0.2) is 34.7 Å². The van der Waals surface area contributed by atoms with E-state index in [1.54, 1.807) is 24.4 Å². The second-order valence-corrected chi connectivity index (χ2v) is 5.20. The van der Waals surface area contributed by atoms with Crippen molar-refractivity contribution in [1.29, 1.82) is 0 Å². The molecule has 0 spiro atoms. The van der Waals surface area contributed by atoms with Gasteiger partial charge in [0.1, 0.15) is 0 Å². The van der Waals surface area contributed by atoms with Gasteiger partial charge in [0.25, 0.3) is 5.69 Å². The lowest BCUT2D eigenvalue weighted by Crippen LogP contribution is -2.07. The molecule has 0 aliphatic carbocycles. The van der Waals surface area contributed by atoms with Crippen molar-refractivity contribution >= 4 is 34.3 Å². The molecule has 0 bridgehead atoms. The predicted octanol–water partition coefficient (Wildman–Crippen LogP) is 2.60. The average Bonchev–Trinajstić information content (AvgIpc) is 2.95. The minimum Gasteiger partial charge on any atom is -0.466 e. The maximum Gasteiger partial charge on any atom is 0.311 e. The Balaban J connectivity index is 1.89. The molecule has 1 N–H and O–H groups in total. The van der Waals surface area contributed by atoms with Gasteiger partial charge in [-0.05, 0) is 24.6 Å². The number of hydrogen-bond acceptors (Lipinski definition) is 8. The van der Waals surface area contributed by atoms with E-state index in [1.165, 1.54) is 29.7 Å². The van der Waals surface area contributed by atoms with E-state index in [9.17, 15) is 14.9 Å². The van der Waals surface area contributed by atoms with Gasteiger partial charge in [0.15, 0.2) is 0 Å². The standard InChI is InChI=1S/C14H14N4O4S/c1-2-22-13(19)7-11-9-23-14(16-11)17-15-8-10-3-5-12(6-4-10)18(20)21/h3-6,8-9H,2,7H2,1H3,(H,16,17)/b15-8-. The van der Waals surface area contributed by atoms with Gasteiger partial charge in [0.05, 0.1) is 29.9 Å². The van der Waals surface area contributed by atoms with Crippen LogP contribution >= 0.6 is 11.3 Å². The topological polar surface area (TPSA) is 107 Å². The van der Waals surface area contributed by atoms with Crippen molar-refractivity contribution in [2.45, 2.75) is 13.3 Å². The molecule has 23 heavy (non-hydrogen) atoms. The largest absolute Gasteiger partial charge is 0.466 e. The summed E-state index contributed by atoms with van der Waals surface area (Å²) in [6, 6.07) is 6.00. The predicted molar refractivity (Wildman–Crippen MR) is 86.8 cm³/mol. The van der Waals surface area contributed by atoms with Crippen molar-refractivity contribution in [3.63, 3.8) is 0 Å². The second kappa shape index (κ2) is 7.99. The summed E-state index contributed by atoms with van der Waals surface area (Å²) in [5.41, 5.74) is 4.10. The Morgan fingerprint density at radius 1 is 1.48 bits per heavy atom.